The highest BCUT2D eigenvalue weighted by atomic mass is 32.1. The normalized spacial score (nSPS) is 13.7. The molecule has 114 valence electrons. The standard InChI is InChI=1S/C18H26N2S/c1-12(2)19-16(14-9-7-8-13(3)10-14)17-20-15(11-21-17)18(4,5)6/h7-12,16,19H,1-6H3. The summed E-state index contributed by atoms with van der Waals surface area (Å²) in [5.41, 5.74) is 3.85. The molecule has 2 aromatic rings. The first kappa shape index (κ1) is 16.2. The number of hydrogen-bond acceptors (Lipinski definition) is 3. The van der Waals surface area contributed by atoms with Gasteiger partial charge in [0.1, 0.15) is 5.01 Å². The highest BCUT2D eigenvalue weighted by molar-refractivity contribution is 7.09. The van der Waals surface area contributed by atoms with Crippen molar-refractivity contribution in [2.75, 3.05) is 0 Å². The first-order valence-corrected chi connectivity index (χ1v) is 8.44. The van der Waals surface area contributed by atoms with Gasteiger partial charge in [-0.25, -0.2) is 4.98 Å². The molecule has 21 heavy (non-hydrogen) atoms. The smallest absolute Gasteiger partial charge is 0.114 e. The zero-order valence-electron chi connectivity index (χ0n) is 13.9. The van der Waals surface area contributed by atoms with E-state index in [2.05, 4.69) is 76.5 Å². The number of aromatic nitrogens is 1. The van der Waals surface area contributed by atoms with Gasteiger partial charge in [-0.15, -0.1) is 11.3 Å². The van der Waals surface area contributed by atoms with E-state index >= 15 is 0 Å². The molecule has 0 radical (unpaired) electrons. The van der Waals surface area contributed by atoms with Crippen LogP contribution in [0.5, 0.6) is 0 Å². The van der Waals surface area contributed by atoms with Crippen LogP contribution in [0.2, 0.25) is 0 Å². The Morgan fingerprint density at radius 1 is 1.19 bits per heavy atom. The number of aryl methyl sites for hydroxylation is 1. The molecule has 1 unspecified atom stereocenters. The lowest BCUT2D eigenvalue weighted by Crippen LogP contribution is -2.29. The Morgan fingerprint density at radius 2 is 1.90 bits per heavy atom. The second-order valence-corrected chi connectivity index (χ2v) is 7.88. The molecule has 0 aliphatic heterocycles. The Bertz CT molecular complexity index is 593. The van der Waals surface area contributed by atoms with Crippen molar-refractivity contribution in [1.82, 2.24) is 10.3 Å². The van der Waals surface area contributed by atoms with Crippen LogP contribution in [0.25, 0.3) is 0 Å². The van der Waals surface area contributed by atoms with Crippen molar-refractivity contribution < 1.29 is 0 Å². The van der Waals surface area contributed by atoms with Crippen LogP contribution in [0.3, 0.4) is 0 Å². The maximum absolute atomic E-state index is 4.90. The van der Waals surface area contributed by atoms with E-state index in [4.69, 9.17) is 4.98 Å². The van der Waals surface area contributed by atoms with Crippen LogP contribution in [0.1, 0.15) is 62.5 Å². The number of hydrogen-bond donors (Lipinski definition) is 1. The third-order valence-corrected chi connectivity index (χ3v) is 4.32. The zero-order valence-corrected chi connectivity index (χ0v) is 14.7. The zero-order chi connectivity index (χ0) is 15.6. The minimum Gasteiger partial charge on any atom is -0.302 e. The third-order valence-electron chi connectivity index (χ3n) is 3.41. The average molecular weight is 302 g/mol. The molecule has 2 rings (SSSR count). The molecule has 1 heterocycles. The topological polar surface area (TPSA) is 24.9 Å². The van der Waals surface area contributed by atoms with Gasteiger partial charge in [-0.1, -0.05) is 50.6 Å². The summed E-state index contributed by atoms with van der Waals surface area (Å²) in [5, 5.41) is 7.00. The first-order valence-electron chi connectivity index (χ1n) is 7.56. The number of nitrogens with one attached hydrogen (secondary N) is 1. The van der Waals surface area contributed by atoms with Gasteiger partial charge in [-0.05, 0) is 26.3 Å². The number of nitrogens with zero attached hydrogens (tertiary/aromatic N) is 1. The molecule has 0 aliphatic rings. The molecular formula is C18H26N2S. The van der Waals surface area contributed by atoms with Crippen molar-refractivity contribution in [2.24, 2.45) is 0 Å². The van der Waals surface area contributed by atoms with Gasteiger partial charge in [0, 0.05) is 16.8 Å². The molecule has 0 spiro atoms. The fourth-order valence-corrected chi connectivity index (χ4v) is 3.39. The van der Waals surface area contributed by atoms with E-state index in [0.29, 0.717) is 6.04 Å². The maximum Gasteiger partial charge on any atom is 0.114 e. The predicted octanol–water partition coefficient (Wildman–Crippen LogP) is 4.84. The molecule has 0 bridgehead atoms. The van der Waals surface area contributed by atoms with Crippen LogP contribution in [0.4, 0.5) is 0 Å². The summed E-state index contributed by atoms with van der Waals surface area (Å²) in [5.74, 6) is 0. The predicted molar refractivity (Wildman–Crippen MR) is 92.1 cm³/mol. The van der Waals surface area contributed by atoms with Crippen LogP contribution in [-0.4, -0.2) is 11.0 Å². The molecule has 1 aromatic heterocycles. The Labute approximate surface area is 132 Å². The van der Waals surface area contributed by atoms with Crippen LogP contribution >= 0.6 is 11.3 Å². The highest BCUT2D eigenvalue weighted by Gasteiger charge is 2.23. The van der Waals surface area contributed by atoms with Crippen molar-refractivity contribution in [3.63, 3.8) is 0 Å². The van der Waals surface area contributed by atoms with E-state index in [-0.39, 0.29) is 11.5 Å². The van der Waals surface area contributed by atoms with Crippen LogP contribution in [0, 0.1) is 6.92 Å². The Balaban J connectivity index is 2.39. The Morgan fingerprint density at radius 3 is 2.43 bits per heavy atom. The van der Waals surface area contributed by atoms with Gasteiger partial charge >= 0.3 is 0 Å². The summed E-state index contributed by atoms with van der Waals surface area (Å²) in [4.78, 5) is 4.90. The van der Waals surface area contributed by atoms with E-state index < -0.39 is 0 Å². The molecule has 1 aromatic carbocycles. The fourth-order valence-electron chi connectivity index (χ4n) is 2.26. The number of thiazole rings is 1. The van der Waals surface area contributed by atoms with Gasteiger partial charge < -0.3 is 5.32 Å². The Hall–Kier alpha value is -1.19. The van der Waals surface area contributed by atoms with Crippen molar-refractivity contribution in [1.29, 1.82) is 0 Å². The van der Waals surface area contributed by atoms with E-state index in [1.165, 1.54) is 16.8 Å². The van der Waals surface area contributed by atoms with Gasteiger partial charge in [0.2, 0.25) is 0 Å². The van der Waals surface area contributed by atoms with Crippen LogP contribution < -0.4 is 5.32 Å². The summed E-state index contributed by atoms with van der Waals surface area (Å²) in [7, 11) is 0. The summed E-state index contributed by atoms with van der Waals surface area (Å²) in [6.07, 6.45) is 0. The third kappa shape index (κ3) is 4.14. The van der Waals surface area contributed by atoms with Crippen molar-refractivity contribution in [3.05, 3.63) is 51.5 Å². The summed E-state index contributed by atoms with van der Waals surface area (Å²) >= 11 is 1.75. The van der Waals surface area contributed by atoms with Gasteiger partial charge in [-0.2, -0.15) is 0 Å². The molecule has 1 N–H and O–H groups in total. The van der Waals surface area contributed by atoms with E-state index in [9.17, 15) is 0 Å². The van der Waals surface area contributed by atoms with E-state index in [1.807, 2.05) is 0 Å². The lowest BCUT2D eigenvalue weighted by atomic mass is 9.93. The summed E-state index contributed by atoms with van der Waals surface area (Å²) < 4.78 is 0. The van der Waals surface area contributed by atoms with Gasteiger partial charge in [0.15, 0.2) is 0 Å². The van der Waals surface area contributed by atoms with Crippen LogP contribution in [0.15, 0.2) is 29.6 Å². The average Bonchev–Trinajstić information content (AvgIpc) is 2.85. The number of benzene rings is 1. The first-order chi connectivity index (χ1) is 9.77. The second-order valence-electron chi connectivity index (χ2n) is 6.99. The van der Waals surface area contributed by atoms with Crippen LogP contribution in [-0.2, 0) is 5.41 Å². The van der Waals surface area contributed by atoms with Crippen molar-refractivity contribution in [2.45, 2.75) is 59.0 Å². The second kappa shape index (κ2) is 6.29. The summed E-state index contributed by atoms with van der Waals surface area (Å²) in [6, 6.07) is 9.28. The van der Waals surface area contributed by atoms with Gasteiger partial charge in [0.25, 0.3) is 0 Å². The molecule has 0 fully saturated rings. The minimum absolute atomic E-state index is 0.101. The van der Waals surface area contributed by atoms with Crippen molar-refractivity contribution in [3.8, 4) is 0 Å². The van der Waals surface area contributed by atoms with Crippen molar-refractivity contribution >= 4 is 11.3 Å². The molecule has 1 atom stereocenters. The minimum atomic E-state index is 0.101. The largest absolute Gasteiger partial charge is 0.302 e. The Kier molecular flexibility index (Phi) is 4.84. The SMILES string of the molecule is Cc1cccc(C(NC(C)C)c2nc(C(C)(C)C)cs2)c1. The molecule has 2 nitrogen and oxygen atoms in total. The molecule has 0 saturated carbocycles. The molecule has 0 saturated heterocycles. The lowest BCUT2D eigenvalue weighted by Gasteiger charge is -2.21. The maximum atomic E-state index is 4.90. The summed E-state index contributed by atoms with van der Waals surface area (Å²) in [6.45, 7) is 13.1. The van der Waals surface area contributed by atoms with Gasteiger partial charge in [-0.3, -0.25) is 0 Å². The lowest BCUT2D eigenvalue weighted by molar-refractivity contribution is 0.519. The molecule has 0 amide bonds. The molecule has 0 aliphatic carbocycles. The van der Waals surface area contributed by atoms with Gasteiger partial charge in [0.05, 0.1) is 11.7 Å². The molecular weight excluding hydrogens is 276 g/mol. The quantitative estimate of drug-likeness (QED) is 0.874. The number of rotatable bonds is 4. The van der Waals surface area contributed by atoms with E-state index in [0.717, 1.165) is 5.01 Å². The van der Waals surface area contributed by atoms with E-state index in [1.54, 1.807) is 11.3 Å². The monoisotopic (exact) mass is 302 g/mol. The molecule has 3 heteroatoms. The fraction of sp³-hybridized carbons (Fsp3) is 0.500. The highest BCUT2D eigenvalue weighted by Crippen LogP contribution is 2.30.